The van der Waals surface area contributed by atoms with Crippen molar-refractivity contribution in [2.75, 3.05) is 5.32 Å². The molecule has 0 aliphatic carbocycles. The number of thiophene rings is 1. The molecule has 0 atom stereocenters. The third-order valence-electron chi connectivity index (χ3n) is 4.25. The fraction of sp³-hybridized carbons (Fsp3) is 0.100. The standard InChI is InChI=1S/C20H15Cl2N3S/c1-11-6-7-13(12(2)8-11)14-9-26-20-17(14)19(23-10-24-20)25-16-5-3-4-15(21)18(16)22/h3-10H,1-2H3,(H,23,24,25). The van der Waals surface area contributed by atoms with Crippen LogP contribution in [0, 0.1) is 13.8 Å². The van der Waals surface area contributed by atoms with Crippen LogP contribution < -0.4 is 5.32 Å². The van der Waals surface area contributed by atoms with E-state index in [4.69, 9.17) is 23.2 Å². The zero-order valence-electron chi connectivity index (χ0n) is 14.2. The summed E-state index contributed by atoms with van der Waals surface area (Å²) in [6, 6.07) is 11.9. The van der Waals surface area contributed by atoms with E-state index < -0.39 is 0 Å². The number of aryl methyl sites for hydroxylation is 2. The summed E-state index contributed by atoms with van der Waals surface area (Å²) in [5, 5.41) is 7.41. The molecule has 0 saturated carbocycles. The van der Waals surface area contributed by atoms with Crippen molar-refractivity contribution in [2.24, 2.45) is 0 Å². The second-order valence-corrected chi connectivity index (χ2v) is 7.74. The predicted octanol–water partition coefficient (Wildman–Crippen LogP) is 7.03. The van der Waals surface area contributed by atoms with Crippen LogP contribution in [0.4, 0.5) is 11.5 Å². The van der Waals surface area contributed by atoms with Crippen LogP contribution in [0.3, 0.4) is 0 Å². The molecule has 2 aromatic carbocycles. The Morgan fingerprint density at radius 1 is 1.00 bits per heavy atom. The molecule has 4 aromatic rings. The number of rotatable bonds is 3. The summed E-state index contributed by atoms with van der Waals surface area (Å²) >= 11 is 14.1. The minimum absolute atomic E-state index is 0.476. The molecule has 4 rings (SSSR count). The molecule has 2 aromatic heterocycles. The number of aromatic nitrogens is 2. The van der Waals surface area contributed by atoms with Gasteiger partial charge in [0.25, 0.3) is 0 Å². The van der Waals surface area contributed by atoms with E-state index in [-0.39, 0.29) is 0 Å². The molecule has 0 saturated heterocycles. The van der Waals surface area contributed by atoms with Gasteiger partial charge in [-0.3, -0.25) is 0 Å². The third kappa shape index (κ3) is 3.05. The molecule has 2 heterocycles. The lowest BCUT2D eigenvalue weighted by molar-refractivity contribution is 1.23. The lowest BCUT2D eigenvalue weighted by Crippen LogP contribution is -1.96. The molecule has 1 N–H and O–H groups in total. The molecule has 0 aliphatic rings. The van der Waals surface area contributed by atoms with Crippen LogP contribution in [0.15, 0.2) is 48.1 Å². The summed E-state index contributed by atoms with van der Waals surface area (Å²) in [4.78, 5) is 9.81. The normalized spacial score (nSPS) is 11.1. The Labute approximate surface area is 165 Å². The summed E-state index contributed by atoms with van der Waals surface area (Å²) in [5.41, 5.74) is 5.48. The van der Waals surface area contributed by atoms with Crippen LogP contribution in [0.2, 0.25) is 10.0 Å². The minimum atomic E-state index is 0.476. The highest BCUT2D eigenvalue weighted by atomic mass is 35.5. The van der Waals surface area contributed by atoms with Crippen molar-refractivity contribution in [1.29, 1.82) is 0 Å². The molecule has 6 heteroatoms. The maximum absolute atomic E-state index is 6.33. The Kier molecular flexibility index (Phi) is 4.57. The highest BCUT2D eigenvalue weighted by molar-refractivity contribution is 7.17. The highest BCUT2D eigenvalue weighted by Crippen LogP contribution is 2.40. The van der Waals surface area contributed by atoms with Gasteiger partial charge in [-0.15, -0.1) is 11.3 Å². The van der Waals surface area contributed by atoms with Crippen molar-refractivity contribution in [2.45, 2.75) is 13.8 Å². The summed E-state index contributed by atoms with van der Waals surface area (Å²) in [7, 11) is 0. The molecule has 130 valence electrons. The summed E-state index contributed by atoms with van der Waals surface area (Å²) in [6.07, 6.45) is 1.56. The summed E-state index contributed by atoms with van der Waals surface area (Å²) in [6.45, 7) is 4.22. The minimum Gasteiger partial charge on any atom is -0.338 e. The molecule has 0 bridgehead atoms. The van der Waals surface area contributed by atoms with Gasteiger partial charge in [-0.2, -0.15) is 0 Å². The SMILES string of the molecule is Cc1ccc(-c2csc3ncnc(Nc4cccc(Cl)c4Cl)c23)c(C)c1. The van der Waals surface area contributed by atoms with Crippen molar-refractivity contribution in [3.8, 4) is 11.1 Å². The second kappa shape index (κ2) is 6.88. The topological polar surface area (TPSA) is 37.8 Å². The van der Waals surface area contributed by atoms with Crippen LogP contribution in [-0.2, 0) is 0 Å². The smallest absolute Gasteiger partial charge is 0.143 e. The predicted molar refractivity (Wildman–Crippen MR) is 112 cm³/mol. The Morgan fingerprint density at radius 3 is 2.65 bits per heavy atom. The summed E-state index contributed by atoms with van der Waals surface area (Å²) in [5.74, 6) is 0.718. The summed E-state index contributed by atoms with van der Waals surface area (Å²) < 4.78 is 0. The van der Waals surface area contributed by atoms with Crippen LogP contribution in [0.25, 0.3) is 21.3 Å². The molecular formula is C20H15Cl2N3S. The number of nitrogens with zero attached hydrogens (tertiary/aromatic N) is 2. The Bertz CT molecular complexity index is 1120. The number of halogens is 2. The molecule has 0 unspecified atom stereocenters. The van der Waals surface area contributed by atoms with Gasteiger partial charge in [0, 0.05) is 10.9 Å². The van der Waals surface area contributed by atoms with Gasteiger partial charge in [0.2, 0.25) is 0 Å². The van der Waals surface area contributed by atoms with Crippen molar-refractivity contribution in [1.82, 2.24) is 9.97 Å². The van der Waals surface area contributed by atoms with E-state index in [1.54, 1.807) is 23.7 Å². The lowest BCUT2D eigenvalue weighted by atomic mass is 9.99. The molecule has 3 nitrogen and oxygen atoms in total. The van der Waals surface area contributed by atoms with Gasteiger partial charge in [0.05, 0.1) is 21.1 Å². The van der Waals surface area contributed by atoms with Crippen molar-refractivity contribution < 1.29 is 0 Å². The number of nitrogens with one attached hydrogen (secondary N) is 1. The average Bonchev–Trinajstić information content (AvgIpc) is 3.04. The second-order valence-electron chi connectivity index (χ2n) is 6.10. The zero-order valence-corrected chi connectivity index (χ0v) is 16.5. The van der Waals surface area contributed by atoms with Gasteiger partial charge >= 0.3 is 0 Å². The van der Waals surface area contributed by atoms with E-state index >= 15 is 0 Å². The molecule has 26 heavy (non-hydrogen) atoms. The Balaban J connectivity index is 1.89. The number of hydrogen-bond acceptors (Lipinski definition) is 4. The zero-order chi connectivity index (χ0) is 18.3. The van der Waals surface area contributed by atoms with Crippen LogP contribution in [-0.4, -0.2) is 9.97 Å². The molecule has 0 amide bonds. The van der Waals surface area contributed by atoms with Gasteiger partial charge in [0.15, 0.2) is 0 Å². The van der Waals surface area contributed by atoms with Crippen LogP contribution >= 0.6 is 34.5 Å². The van der Waals surface area contributed by atoms with Gasteiger partial charge in [-0.25, -0.2) is 9.97 Å². The van der Waals surface area contributed by atoms with Gasteiger partial charge in [-0.05, 0) is 37.1 Å². The van der Waals surface area contributed by atoms with E-state index in [1.165, 1.54) is 16.7 Å². The van der Waals surface area contributed by atoms with Crippen molar-refractivity contribution in [3.05, 3.63) is 69.3 Å². The van der Waals surface area contributed by atoms with Gasteiger partial charge < -0.3 is 5.32 Å². The monoisotopic (exact) mass is 399 g/mol. The maximum atomic E-state index is 6.33. The Morgan fingerprint density at radius 2 is 1.85 bits per heavy atom. The molecule has 0 fully saturated rings. The van der Waals surface area contributed by atoms with Gasteiger partial charge in [0.1, 0.15) is 17.0 Å². The first-order valence-electron chi connectivity index (χ1n) is 8.05. The van der Waals surface area contributed by atoms with E-state index in [9.17, 15) is 0 Å². The first-order chi connectivity index (χ1) is 12.5. The number of anilines is 2. The molecule has 0 spiro atoms. The largest absolute Gasteiger partial charge is 0.338 e. The van der Waals surface area contributed by atoms with Crippen molar-refractivity contribution >= 4 is 56.3 Å². The van der Waals surface area contributed by atoms with Crippen LogP contribution in [0.1, 0.15) is 11.1 Å². The molecule has 0 aliphatic heterocycles. The van der Waals surface area contributed by atoms with E-state index in [0.29, 0.717) is 10.0 Å². The van der Waals surface area contributed by atoms with Crippen molar-refractivity contribution in [3.63, 3.8) is 0 Å². The molecular weight excluding hydrogens is 385 g/mol. The quantitative estimate of drug-likeness (QED) is 0.401. The van der Waals surface area contributed by atoms with E-state index in [0.717, 1.165) is 27.3 Å². The highest BCUT2D eigenvalue weighted by Gasteiger charge is 2.16. The number of benzene rings is 2. The fourth-order valence-electron chi connectivity index (χ4n) is 3.01. The number of hydrogen-bond donors (Lipinski definition) is 1. The lowest BCUT2D eigenvalue weighted by Gasteiger charge is -2.11. The fourth-order valence-corrected chi connectivity index (χ4v) is 4.27. The van der Waals surface area contributed by atoms with E-state index in [1.807, 2.05) is 12.1 Å². The Hall–Kier alpha value is -2.14. The average molecular weight is 400 g/mol. The maximum Gasteiger partial charge on any atom is 0.143 e. The third-order valence-corrected chi connectivity index (χ3v) is 5.95. The number of fused-ring (bicyclic) bond motifs is 1. The van der Waals surface area contributed by atoms with E-state index in [2.05, 4.69) is 52.7 Å². The first-order valence-corrected chi connectivity index (χ1v) is 9.69. The van der Waals surface area contributed by atoms with Crippen LogP contribution in [0.5, 0.6) is 0 Å². The first kappa shape index (κ1) is 17.3. The van der Waals surface area contributed by atoms with Gasteiger partial charge in [-0.1, -0.05) is 53.0 Å². The molecule has 0 radical (unpaired) electrons.